The highest BCUT2D eigenvalue weighted by Crippen LogP contribution is 2.38. The SMILES string of the molecule is O=C(Nc1sc2c(c1C(=O)Nc1ccc(C(=O)NC3CC3)cc1)CCCC2)c1cccnc1. The molecule has 0 saturated heterocycles. The van der Waals surface area contributed by atoms with Gasteiger partial charge >= 0.3 is 0 Å². The molecule has 1 aromatic carbocycles. The Bertz CT molecular complexity index is 1200. The van der Waals surface area contributed by atoms with Crippen molar-refractivity contribution in [3.8, 4) is 0 Å². The second-order valence-corrected chi connectivity index (χ2v) is 9.50. The van der Waals surface area contributed by atoms with Gasteiger partial charge in [0.25, 0.3) is 17.7 Å². The largest absolute Gasteiger partial charge is 0.349 e. The second-order valence-electron chi connectivity index (χ2n) is 8.39. The van der Waals surface area contributed by atoms with Crippen molar-refractivity contribution < 1.29 is 14.4 Å². The zero-order chi connectivity index (χ0) is 22.8. The minimum absolute atomic E-state index is 0.0947. The van der Waals surface area contributed by atoms with Gasteiger partial charge < -0.3 is 16.0 Å². The van der Waals surface area contributed by atoms with Crippen LogP contribution in [0.4, 0.5) is 10.7 Å². The maximum Gasteiger partial charge on any atom is 0.258 e. The third-order valence-corrected chi connectivity index (χ3v) is 7.07. The third kappa shape index (κ3) is 4.80. The molecule has 0 radical (unpaired) electrons. The maximum atomic E-state index is 13.3. The van der Waals surface area contributed by atoms with Crippen molar-refractivity contribution in [3.63, 3.8) is 0 Å². The van der Waals surface area contributed by atoms with Crippen LogP contribution >= 0.6 is 11.3 Å². The molecule has 0 aliphatic heterocycles. The van der Waals surface area contributed by atoms with Crippen molar-refractivity contribution in [2.45, 2.75) is 44.6 Å². The number of hydrogen-bond donors (Lipinski definition) is 3. The fourth-order valence-electron chi connectivity index (χ4n) is 3.96. The molecule has 0 spiro atoms. The molecule has 5 rings (SSSR count). The van der Waals surface area contributed by atoms with Crippen molar-refractivity contribution in [2.24, 2.45) is 0 Å². The zero-order valence-corrected chi connectivity index (χ0v) is 18.8. The Morgan fingerprint density at radius 2 is 1.67 bits per heavy atom. The topological polar surface area (TPSA) is 100 Å². The van der Waals surface area contributed by atoms with Crippen LogP contribution in [0.3, 0.4) is 0 Å². The van der Waals surface area contributed by atoms with Gasteiger partial charge in [-0.3, -0.25) is 19.4 Å². The van der Waals surface area contributed by atoms with E-state index in [2.05, 4.69) is 20.9 Å². The molecule has 2 aliphatic carbocycles. The smallest absolute Gasteiger partial charge is 0.258 e. The summed E-state index contributed by atoms with van der Waals surface area (Å²) in [4.78, 5) is 43.4. The van der Waals surface area contributed by atoms with E-state index in [4.69, 9.17) is 0 Å². The summed E-state index contributed by atoms with van der Waals surface area (Å²) < 4.78 is 0. The number of amides is 3. The normalized spacial score (nSPS) is 14.8. The number of thiophene rings is 1. The first-order valence-electron chi connectivity index (χ1n) is 11.2. The predicted molar refractivity (Wildman–Crippen MR) is 128 cm³/mol. The van der Waals surface area contributed by atoms with Crippen LogP contribution < -0.4 is 16.0 Å². The Balaban J connectivity index is 1.36. The molecule has 0 unspecified atom stereocenters. The molecule has 33 heavy (non-hydrogen) atoms. The van der Waals surface area contributed by atoms with Gasteiger partial charge in [-0.2, -0.15) is 0 Å². The Kier molecular flexibility index (Phi) is 5.92. The molecule has 2 aliphatic rings. The Hall–Kier alpha value is -3.52. The van der Waals surface area contributed by atoms with E-state index in [0.717, 1.165) is 49.0 Å². The molecular weight excluding hydrogens is 436 g/mol. The number of carbonyl (C=O) groups is 3. The summed E-state index contributed by atoms with van der Waals surface area (Å²) in [7, 11) is 0. The van der Waals surface area contributed by atoms with E-state index in [0.29, 0.717) is 33.4 Å². The number of fused-ring (bicyclic) bond motifs is 1. The van der Waals surface area contributed by atoms with Crippen LogP contribution in [0.15, 0.2) is 48.8 Å². The minimum Gasteiger partial charge on any atom is -0.349 e. The number of hydrogen-bond acceptors (Lipinski definition) is 5. The number of aryl methyl sites for hydroxylation is 1. The van der Waals surface area contributed by atoms with Gasteiger partial charge in [0.15, 0.2) is 0 Å². The molecule has 0 atom stereocenters. The zero-order valence-electron chi connectivity index (χ0n) is 18.0. The summed E-state index contributed by atoms with van der Waals surface area (Å²) in [6, 6.07) is 10.6. The predicted octanol–water partition coefficient (Wildman–Crippen LogP) is 4.42. The fraction of sp³-hybridized carbons (Fsp3) is 0.280. The summed E-state index contributed by atoms with van der Waals surface area (Å²) in [6.07, 6.45) is 9.00. The first-order chi connectivity index (χ1) is 16.1. The van der Waals surface area contributed by atoms with Crippen molar-refractivity contribution in [2.75, 3.05) is 10.6 Å². The van der Waals surface area contributed by atoms with Crippen molar-refractivity contribution in [3.05, 3.63) is 75.9 Å². The van der Waals surface area contributed by atoms with Gasteiger partial charge in [-0.15, -0.1) is 11.3 Å². The molecule has 1 saturated carbocycles. The minimum atomic E-state index is -0.290. The number of carbonyl (C=O) groups excluding carboxylic acids is 3. The third-order valence-electron chi connectivity index (χ3n) is 5.87. The van der Waals surface area contributed by atoms with E-state index < -0.39 is 0 Å². The molecule has 7 nitrogen and oxygen atoms in total. The van der Waals surface area contributed by atoms with Crippen LogP contribution in [0.1, 0.15) is 67.2 Å². The maximum absolute atomic E-state index is 13.3. The average molecular weight is 461 g/mol. The number of pyridine rings is 1. The lowest BCUT2D eigenvalue weighted by molar-refractivity contribution is 0.0949. The molecule has 2 heterocycles. The van der Waals surface area contributed by atoms with Gasteiger partial charge in [0.1, 0.15) is 5.00 Å². The monoisotopic (exact) mass is 460 g/mol. The number of aromatic nitrogens is 1. The number of benzene rings is 1. The summed E-state index contributed by atoms with van der Waals surface area (Å²) in [5, 5.41) is 9.38. The van der Waals surface area contributed by atoms with E-state index in [1.165, 1.54) is 17.5 Å². The molecule has 8 heteroatoms. The first-order valence-corrected chi connectivity index (χ1v) is 12.0. The standard InChI is InChI=1S/C25H24N4O3S/c30-22(27-18-11-12-18)15-7-9-17(10-8-15)28-24(32)21-19-5-1-2-6-20(19)33-25(21)29-23(31)16-4-3-13-26-14-16/h3-4,7-10,13-14,18H,1-2,5-6,11-12H2,(H,27,30)(H,28,32)(H,29,31). The summed E-state index contributed by atoms with van der Waals surface area (Å²) in [5.74, 6) is -0.643. The molecule has 2 aromatic heterocycles. The molecule has 3 N–H and O–H groups in total. The van der Waals surface area contributed by atoms with Crippen LogP contribution in [-0.4, -0.2) is 28.7 Å². The highest BCUT2D eigenvalue weighted by Gasteiger charge is 2.27. The van der Waals surface area contributed by atoms with E-state index in [-0.39, 0.29) is 17.7 Å². The van der Waals surface area contributed by atoms with Gasteiger partial charge in [0, 0.05) is 34.6 Å². The summed E-state index contributed by atoms with van der Waals surface area (Å²) in [6.45, 7) is 0. The van der Waals surface area contributed by atoms with Crippen LogP contribution in [-0.2, 0) is 12.8 Å². The van der Waals surface area contributed by atoms with E-state index >= 15 is 0 Å². The fourth-order valence-corrected chi connectivity index (χ4v) is 5.24. The van der Waals surface area contributed by atoms with Crippen LogP contribution in [0.5, 0.6) is 0 Å². The average Bonchev–Trinajstić information content (AvgIpc) is 3.57. The first kappa shape index (κ1) is 21.3. The van der Waals surface area contributed by atoms with E-state index in [1.54, 1.807) is 42.6 Å². The van der Waals surface area contributed by atoms with Crippen LogP contribution in [0, 0.1) is 0 Å². The summed E-state index contributed by atoms with van der Waals surface area (Å²) in [5.41, 5.74) is 3.16. The lowest BCUT2D eigenvalue weighted by atomic mass is 9.95. The van der Waals surface area contributed by atoms with Crippen LogP contribution in [0.2, 0.25) is 0 Å². The number of nitrogens with zero attached hydrogens (tertiary/aromatic N) is 1. The molecular formula is C25H24N4O3S. The summed E-state index contributed by atoms with van der Waals surface area (Å²) >= 11 is 1.48. The van der Waals surface area contributed by atoms with Gasteiger partial charge in [0.05, 0.1) is 11.1 Å². The van der Waals surface area contributed by atoms with Gasteiger partial charge in [0.2, 0.25) is 0 Å². The lowest BCUT2D eigenvalue weighted by Crippen LogP contribution is -2.25. The van der Waals surface area contributed by atoms with E-state index in [9.17, 15) is 14.4 Å². The highest BCUT2D eigenvalue weighted by atomic mass is 32.1. The number of rotatable bonds is 6. The van der Waals surface area contributed by atoms with Crippen molar-refractivity contribution >= 4 is 39.7 Å². The van der Waals surface area contributed by atoms with Crippen molar-refractivity contribution in [1.29, 1.82) is 0 Å². The van der Waals surface area contributed by atoms with Gasteiger partial charge in [-0.25, -0.2) is 0 Å². The van der Waals surface area contributed by atoms with E-state index in [1.807, 2.05) is 0 Å². The van der Waals surface area contributed by atoms with Gasteiger partial charge in [-0.1, -0.05) is 0 Å². The quantitative estimate of drug-likeness (QED) is 0.507. The second kappa shape index (κ2) is 9.15. The Morgan fingerprint density at radius 1 is 0.879 bits per heavy atom. The number of anilines is 2. The molecule has 168 valence electrons. The molecule has 0 bridgehead atoms. The Labute approximate surface area is 195 Å². The molecule has 3 amide bonds. The Morgan fingerprint density at radius 3 is 2.39 bits per heavy atom. The van der Waals surface area contributed by atoms with Gasteiger partial charge in [-0.05, 0) is 80.5 Å². The lowest BCUT2D eigenvalue weighted by Gasteiger charge is -2.13. The van der Waals surface area contributed by atoms with Crippen molar-refractivity contribution in [1.82, 2.24) is 10.3 Å². The molecule has 1 fully saturated rings. The molecule has 3 aromatic rings. The number of nitrogens with one attached hydrogen (secondary N) is 3. The highest BCUT2D eigenvalue weighted by molar-refractivity contribution is 7.17. The van der Waals surface area contributed by atoms with Crippen LogP contribution in [0.25, 0.3) is 0 Å².